The van der Waals surface area contributed by atoms with Crippen LogP contribution in [0, 0.1) is 0 Å². The van der Waals surface area contributed by atoms with Crippen molar-refractivity contribution in [1.29, 1.82) is 0 Å². The molecule has 0 amide bonds. The first-order valence-electron chi connectivity index (χ1n) is 11.5. The van der Waals surface area contributed by atoms with Gasteiger partial charge in [-0.25, -0.2) is 0 Å². The molecule has 0 aromatic rings. The summed E-state index contributed by atoms with van der Waals surface area (Å²) in [6.45, 7) is 5.17. The molecule has 1 saturated heterocycles. The summed E-state index contributed by atoms with van der Waals surface area (Å²) in [6.07, 6.45) is -2.52. The monoisotopic (exact) mass is 578 g/mol. The minimum atomic E-state index is -3.65. The second kappa shape index (κ2) is 16.6. The second-order valence-corrected chi connectivity index (χ2v) is 17.8. The van der Waals surface area contributed by atoms with Crippen molar-refractivity contribution in [2.45, 2.75) is 57.4 Å². The van der Waals surface area contributed by atoms with E-state index in [1.807, 2.05) is 6.55 Å². The highest BCUT2D eigenvalue weighted by Crippen LogP contribution is 2.30. The zero-order valence-corrected chi connectivity index (χ0v) is 25.2. The van der Waals surface area contributed by atoms with Gasteiger partial charge in [-0.3, -0.25) is 4.79 Å². The number of carbonyl (C=O) groups excluding carboxylic acids is 1. The largest absolute Gasteiger partial charge is 0.495 e. The standard InChI is InChI=1S/C19H42O14Si3/c1-16(20)27-8-11-34(7,23-3)32-36(26-6,13-9-28-18(22)14-30-17(2)21)33-35(24-4,25-5)12-10-29-19-15-31-19/h16,18-20,22H,8-15H2,1-7H3. The van der Waals surface area contributed by atoms with Crippen LogP contribution >= 0.6 is 0 Å². The van der Waals surface area contributed by atoms with Gasteiger partial charge in [-0.05, 0) is 13.5 Å². The molecular weight excluding hydrogens is 536 g/mol. The van der Waals surface area contributed by atoms with Gasteiger partial charge in [0, 0.05) is 53.5 Å². The van der Waals surface area contributed by atoms with Gasteiger partial charge in [-0.15, -0.1) is 0 Å². The number of epoxide rings is 1. The Morgan fingerprint density at radius 2 is 1.50 bits per heavy atom. The molecule has 1 heterocycles. The van der Waals surface area contributed by atoms with E-state index in [1.165, 1.54) is 42.3 Å². The molecule has 0 aromatic heterocycles. The molecule has 5 unspecified atom stereocenters. The van der Waals surface area contributed by atoms with E-state index in [2.05, 4.69) is 0 Å². The van der Waals surface area contributed by atoms with Gasteiger partial charge in [0.25, 0.3) is 0 Å². The Hall–Kier alpha value is -0.359. The summed E-state index contributed by atoms with van der Waals surface area (Å²) >= 11 is 0. The third kappa shape index (κ3) is 12.9. The van der Waals surface area contributed by atoms with E-state index in [0.29, 0.717) is 18.7 Å². The third-order valence-electron chi connectivity index (χ3n) is 5.12. The summed E-state index contributed by atoms with van der Waals surface area (Å²) in [5.41, 5.74) is 0. The summed E-state index contributed by atoms with van der Waals surface area (Å²) in [4.78, 5) is 11.0. The second-order valence-electron chi connectivity index (χ2n) is 8.00. The molecule has 2 N–H and O–H groups in total. The summed E-state index contributed by atoms with van der Waals surface area (Å²) in [5.74, 6) is -0.541. The Morgan fingerprint density at radius 1 is 0.917 bits per heavy atom. The van der Waals surface area contributed by atoms with Gasteiger partial charge in [0.1, 0.15) is 13.2 Å². The van der Waals surface area contributed by atoms with Crippen molar-refractivity contribution in [3.05, 3.63) is 0 Å². The molecule has 1 aliphatic heterocycles. The van der Waals surface area contributed by atoms with Gasteiger partial charge in [-0.1, -0.05) is 0 Å². The molecule has 0 aliphatic carbocycles. The lowest BCUT2D eigenvalue weighted by atomic mass is 10.6. The maximum Gasteiger partial charge on any atom is 0.495 e. The van der Waals surface area contributed by atoms with Gasteiger partial charge in [-0.2, -0.15) is 0 Å². The molecule has 17 heteroatoms. The van der Waals surface area contributed by atoms with Crippen LogP contribution in [0.1, 0.15) is 13.8 Å². The van der Waals surface area contributed by atoms with Crippen molar-refractivity contribution in [3.63, 3.8) is 0 Å². The van der Waals surface area contributed by atoms with Crippen molar-refractivity contribution < 1.29 is 64.6 Å². The van der Waals surface area contributed by atoms with E-state index >= 15 is 0 Å². The van der Waals surface area contributed by atoms with Gasteiger partial charge in [0.05, 0.1) is 19.8 Å². The first-order chi connectivity index (χ1) is 17.0. The van der Waals surface area contributed by atoms with E-state index in [9.17, 15) is 15.0 Å². The average Bonchev–Trinajstić information content (AvgIpc) is 3.66. The number of ether oxygens (including phenoxy) is 5. The quantitative estimate of drug-likeness (QED) is 0.0774. The number of hydrogen-bond acceptors (Lipinski definition) is 14. The molecule has 0 aromatic carbocycles. The number of rotatable bonds is 22. The van der Waals surface area contributed by atoms with E-state index in [4.69, 9.17) is 49.6 Å². The highest BCUT2D eigenvalue weighted by Gasteiger charge is 2.56. The minimum Gasteiger partial charge on any atom is -0.460 e. The van der Waals surface area contributed by atoms with E-state index < -0.39 is 44.7 Å². The molecule has 0 radical (unpaired) electrons. The highest BCUT2D eigenvalue weighted by atomic mass is 28.5. The highest BCUT2D eigenvalue weighted by molar-refractivity contribution is 6.82. The third-order valence-corrected chi connectivity index (χ3v) is 16.1. The molecule has 0 saturated carbocycles. The molecule has 0 bridgehead atoms. The fourth-order valence-electron chi connectivity index (χ4n) is 2.91. The topological polar surface area (TPSA) is 162 Å². The van der Waals surface area contributed by atoms with Crippen LogP contribution in [-0.2, 0) is 54.4 Å². The van der Waals surface area contributed by atoms with Crippen LogP contribution in [0.2, 0.25) is 24.7 Å². The lowest BCUT2D eigenvalue weighted by Gasteiger charge is -2.40. The Kier molecular flexibility index (Phi) is 15.5. The van der Waals surface area contributed by atoms with Crippen LogP contribution in [-0.4, -0.2) is 123 Å². The van der Waals surface area contributed by atoms with Gasteiger partial charge in [0.15, 0.2) is 18.9 Å². The fraction of sp³-hybridized carbons (Fsp3) is 0.947. The van der Waals surface area contributed by atoms with Crippen molar-refractivity contribution in [2.75, 3.05) is 61.5 Å². The molecule has 1 aliphatic rings. The maximum atomic E-state index is 11.0. The van der Waals surface area contributed by atoms with E-state index in [-0.39, 0.29) is 38.8 Å². The molecule has 36 heavy (non-hydrogen) atoms. The van der Waals surface area contributed by atoms with Gasteiger partial charge in [0.2, 0.25) is 0 Å². The summed E-state index contributed by atoms with van der Waals surface area (Å²) in [5, 5.41) is 19.4. The summed E-state index contributed by atoms with van der Waals surface area (Å²) in [6, 6.07) is 0.758. The molecule has 5 atom stereocenters. The predicted octanol–water partition coefficient (Wildman–Crippen LogP) is 0.181. The molecule has 14 nitrogen and oxygen atoms in total. The average molecular weight is 579 g/mol. The number of esters is 1. The first-order valence-corrected chi connectivity index (χ1v) is 17.9. The minimum absolute atomic E-state index is 0.0504. The number of hydrogen-bond donors (Lipinski definition) is 2. The number of aliphatic hydroxyl groups is 2. The smallest absolute Gasteiger partial charge is 0.460 e. The van der Waals surface area contributed by atoms with Gasteiger partial charge < -0.3 is 59.8 Å². The van der Waals surface area contributed by atoms with Crippen molar-refractivity contribution in [3.8, 4) is 0 Å². The lowest BCUT2D eigenvalue weighted by Crippen LogP contribution is -2.62. The van der Waals surface area contributed by atoms with Gasteiger partial charge >= 0.3 is 32.1 Å². The fourth-order valence-corrected chi connectivity index (χ4v) is 13.5. The Labute approximate surface area is 215 Å². The Bertz CT molecular complexity index is 624. The van der Waals surface area contributed by atoms with Crippen LogP contribution < -0.4 is 0 Å². The van der Waals surface area contributed by atoms with Crippen LogP contribution in [0.4, 0.5) is 0 Å². The molecular formula is C19H42O14Si3. The van der Waals surface area contributed by atoms with Crippen molar-refractivity contribution in [1.82, 2.24) is 0 Å². The van der Waals surface area contributed by atoms with Crippen molar-refractivity contribution >= 4 is 32.1 Å². The zero-order valence-electron chi connectivity index (χ0n) is 22.2. The Morgan fingerprint density at radius 3 is 2.00 bits per heavy atom. The Balaban J connectivity index is 3.04. The molecule has 1 fully saturated rings. The summed E-state index contributed by atoms with van der Waals surface area (Å²) < 4.78 is 62.1. The molecule has 0 spiro atoms. The van der Waals surface area contributed by atoms with Crippen LogP contribution in [0.25, 0.3) is 0 Å². The number of carbonyl (C=O) groups is 1. The van der Waals surface area contributed by atoms with Crippen molar-refractivity contribution in [2.24, 2.45) is 0 Å². The van der Waals surface area contributed by atoms with Crippen LogP contribution in [0.15, 0.2) is 0 Å². The molecule has 214 valence electrons. The normalized spacial score (nSPS) is 20.9. The zero-order chi connectivity index (χ0) is 27.2. The van der Waals surface area contributed by atoms with E-state index in [0.717, 1.165) is 0 Å². The van der Waals surface area contributed by atoms with Crippen LogP contribution in [0.3, 0.4) is 0 Å². The summed E-state index contributed by atoms with van der Waals surface area (Å²) in [7, 11) is -4.09. The predicted molar refractivity (Wildman–Crippen MR) is 130 cm³/mol. The number of aliphatic hydroxyl groups excluding tert-OH is 2. The van der Waals surface area contributed by atoms with E-state index in [1.54, 1.807) is 0 Å². The van der Waals surface area contributed by atoms with Crippen LogP contribution in [0.5, 0.6) is 0 Å². The maximum absolute atomic E-state index is 11.0. The lowest BCUT2D eigenvalue weighted by molar-refractivity contribution is -0.163. The first kappa shape index (κ1) is 33.7. The molecule has 1 rings (SSSR count). The SMILES string of the molecule is CO[Si](C)(CCOC(C)O)O[Si](CCOC(O)COC(C)=O)(OC)O[Si](CCOC1CO1)(OC)OC.